The van der Waals surface area contributed by atoms with Crippen LogP contribution in [0.3, 0.4) is 0 Å². The van der Waals surface area contributed by atoms with Crippen molar-refractivity contribution in [2.45, 2.75) is 24.5 Å². The van der Waals surface area contributed by atoms with Crippen LogP contribution in [-0.2, 0) is 10.9 Å². The molecule has 0 spiro atoms. The number of carbonyl (C=O) groups is 1. The Morgan fingerprint density at radius 3 is 1.46 bits per heavy atom. The third-order valence-electron chi connectivity index (χ3n) is 5.93. The molecule has 0 bridgehead atoms. The summed E-state index contributed by atoms with van der Waals surface area (Å²) in [7, 11) is 1.28. The molecule has 0 aliphatic rings. The van der Waals surface area contributed by atoms with E-state index in [2.05, 4.69) is 48.5 Å². The summed E-state index contributed by atoms with van der Waals surface area (Å²) < 4.78 is 64.7. The van der Waals surface area contributed by atoms with Gasteiger partial charge in [0.2, 0.25) is 0 Å². The Balaban J connectivity index is 0.000000617. The first kappa shape index (κ1) is 36.4. The average molecular weight is 845 g/mol. The number of rotatable bonds is 8. The summed E-state index contributed by atoms with van der Waals surface area (Å²) in [6.45, 7) is 0. The molecule has 0 heterocycles. The van der Waals surface area contributed by atoms with Gasteiger partial charge in [0.15, 0.2) is 20.5 Å². The third kappa shape index (κ3) is 11.7. The normalized spacial score (nSPS) is 12.8. The standard InChI is InChI=1S/C32H22Cl3O2S2.6FH.Sb/c1-37-25-9-2-21(3-10-25)32(36)22-4-19-31(30(35)20-22)38-26-11-17-29(18-12-26)39(27-13-5-23(33)6-14-27)28-15-7-24(34)8-16-28;;;;;;;/h2-20H,1H3;6*1H;/q+1;;;;;;;+5/p-6. The zero-order valence-electron chi connectivity index (χ0n) is 23.5. The van der Waals surface area contributed by atoms with Crippen LogP contribution in [0.5, 0.6) is 5.75 Å². The SMILES string of the molecule is COc1ccc(C(=O)c2ccc(Sc3ccc([S+](c4ccc(Cl)cc4)c4ccc(Cl)cc4)cc3)c(Cl)c2)cc1.[F][Sb-]([F])([F])([F])([F])[F]. The summed E-state index contributed by atoms with van der Waals surface area (Å²) >= 11 is 9.24. The van der Waals surface area contributed by atoms with E-state index in [1.54, 1.807) is 49.2 Å². The van der Waals surface area contributed by atoms with Crippen LogP contribution in [0.2, 0.25) is 15.1 Å². The van der Waals surface area contributed by atoms with Crippen LogP contribution in [0.15, 0.2) is 140 Å². The second-order valence-corrected chi connectivity index (χ2v) is 19.3. The van der Waals surface area contributed by atoms with Gasteiger partial charge in [-0.05, 0) is 115 Å². The number of ketones is 1. The van der Waals surface area contributed by atoms with Crippen LogP contribution in [0.25, 0.3) is 0 Å². The first-order chi connectivity index (χ1) is 21.4. The van der Waals surface area contributed by atoms with E-state index in [1.165, 1.54) is 14.7 Å². The molecule has 0 aromatic heterocycles. The van der Waals surface area contributed by atoms with Gasteiger partial charge < -0.3 is 4.74 Å². The minimum absolute atomic E-state index is 0.0862. The number of ether oxygens (including phenoxy) is 1. The molecule has 5 rings (SSSR count). The van der Waals surface area contributed by atoms with Gasteiger partial charge in [0.1, 0.15) is 5.75 Å². The average Bonchev–Trinajstić information content (AvgIpc) is 2.99. The molecule has 5 aromatic rings. The molecule has 2 nitrogen and oxygen atoms in total. The zero-order chi connectivity index (χ0) is 33.8. The molecule has 0 amide bonds. The molecule has 5 aromatic carbocycles. The summed E-state index contributed by atoms with van der Waals surface area (Å²) in [5.41, 5.74) is 1.12. The molecule has 0 atom stereocenters. The van der Waals surface area contributed by atoms with Crippen molar-refractivity contribution in [3.8, 4) is 5.75 Å². The fourth-order valence-electron chi connectivity index (χ4n) is 3.95. The van der Waals surface area contributed by atoms with E-state index in [4.69, 9.17) is 39.5 Å². The second kappa shape index (κ2) is 13.9. The van der Waals surface area contributed by atoms with Crippen LogP contribution in [-0.4, -0.2) is 32.4 Å². The molecule has 14 heteroatoms. The van der Waals surface area contributed by atoms with E-state index in [0.717, 1.165) is 9.79 Å². The van der Waals surface area contributed by atoms with E-state index >= 15 is 0 Å². The van der Waals surface area contributed by atoms with Crippen molar-refractivity contribution in [3.05, 3.63) is 141 Å². The van der Waals surface area contributed by atoms with E-state index in [0.29, 0.717) is 31.9 Å². The predicted molar refractivity (Wildman–Crippen MR) is 176 cm³/mol. The second-order valence-electron chi connectivity index (χ2n) is 9.45. The number of benzene rings is 5. The van der Waals surface area contributed by atoms with Crippen molar-refractivity contribution >= 4 is 82.7 Å². The molecule has 0 aliphatic carbocycles. The van der Waals surface area contributed by atoms with Gasteiger partial charge in [-0.25, -0.2) is 0 Å². The van der Waals surface area contributed by atoms with E-state index in [-0.39, 0.29) is 16.7 Å². The Kier molecular flexibility index (Phi) is 11.0. The molecule has 0 N–H and O–H groups in total. The van der Waals surface area contributed by atoms with Crippen molar-refractivity contribution in [2.75, 3.05) is 7.11 Å². The molecule has 242 valence electrons. The molecular weight excluding hydrogens is 823 g/mol. The fourth-order valence-corrected chi connectivity index (χ4v) is 7.36. The molecule has 0 fully saturated rings. The topological polar surface area (TPSA) is 26.3 Å². The van der Waals surface area contributed by atoms with Crippen LogP contribution in [0, 0.1) is 0 Å². The number of halogens is 9. The molecule has 0 saturated carbocycles. The van der Waals surface area contributed by atoms with Crippen LogP contribution in [0.1, 0.15) is 15.9 Å². The van der Waals surface area contributed by atoms with Crippen molar-refractivity contribution < 1.29 is 26.4 Å². The Morgan fingerprint density at radius 1 is 0.630 bits per heavy atom. The van der Waals surface area contributed by atoms with E-state index in [9.17, 15) is 21.7 Å². The van der Waals surface area contributed by atoms with Gasteiger partial charge in [-0.2, -0.15) is 0 Å². The van der Waals surface area contributed by atoms with Crippen molar-refractivity contribution in [1.82, 2.24) is 0 Å². The minimum atomic E-state index is -11.2. The molecule has 0 aliphatic heterocycles. The van der Waals surface area contributed by atoms with Gasteiger partial charge in [0, 0.05) is 31.0 Å². The summed E-state index contributed by atoms with van der Waals surface area (Å²) in [5, 5.41) is 1.95. The molecule has 0 radical (unpaired) electrons. The van der Waals surface area contributed by atoms with E-state index < -0.39 is 19.5 Å². The van der Waals surface area contributed by atoms with Gasteiger partial charge in [0.05, 0.1) is 23.0 Å². The van der Waals surface area contributed by atoms with E-state index in [1.807, 2.05) is 36.4 Å². The number of carbonyl (C=O) groups excluding carboxylic acids is 1. The molecule has 0 unspecified atom stereocenters. The molecular formula is C32H22Cl3F6O2S2Sb. The monoisotopic (exact) mass is 842 g/mol. The van der Waals surface area contributed by atoms with Crippen molar-refractivity contribution in [2.24, 2.45) is 0 Å². The fraction of sp³-hybridized carbons (Fsp3) is 0.0312. The summed E-state index contributed by atoms with van der Waals surface area (Å²) in [6, 6.07) is 36.9. The number of hydrogen-bond acceptors (Lipinski definition) is 3. The summed E-state index contributed by atoms with van der Waals surface area (Å²) in [6.07, 6.45) is 0. The van der Waals surface area contributed by atoms with Crippen LogP contribution < -0.4 is 4.74 Å². The Hall–Kier alpha value is -2.46. The first-order valence-electron chi connectivity index (χ1n) is 12.9. The van der Waals surface area contributed by atoms with Crippen molar-refractivity contribution in [1.29, 1.82) is 0 Å². The predicted octanol–water partition coefficient (Wildman–Crippen LogP) is 12.3. The number of methoxy groups -OCH3 is 1. The van der Waals surface area contributed by atoms with Gasteiger partial charge in [0.25, 0.3) is 0 Å². The first-order valence-corrected chi connectivity index (χ1v) is 21.9. The Morgan fingerprint density at radius 2 is 1.04 bits per heavy atom. The van der Waals surface area contributed by atoms with Crippen LogP contribution >= 0.6 is 46.6 Å². The maximum absolute atomic E-state index is 12.9. The Bertz CT molecular complexity index is 1770. The third-order valence-corrected chi connectivity index (χ3v) is 10.2. The zero-order valence-corrected chi connectivity index (χ0v) is 29.9. The van der Waals surface area contributed by atoms with Gasteiger partial charge in [-0.15, -0.1) is 0 Å². The van der Waals surface area contributed by atoms with Crippen LogP contribution in [0.4, 0.5) is 16.9 Å². The van der Waals surface area contributed by atoms with Crippen molar-refractivity contribution in [3.63, 3.8) is 0 Å². The summed E-state index contributed by atoms with van der Waals surface area (Å²) in [4.78, 5) is 18.4. The maximum atomic E-state index is 12.9. The molecule has 46 heavy (non-hydrogen) atoms. The van der Waals surface area contributed by atoms with Gasteiger partial charge in [-0.3, -0.25) is 4.79 Å². The quantitative estimate of drug-likeness (QED) is 0.0674. The molecule has 0 saturated heterocycles. The summed E-state index contributed by atoms with van der Waals surface area (Å²) in [5.74, 6) is 0.618. The number of hydrogen-bond donors (Lipinski definition) is 0. The van der Waals surface area contributed by atoms with Gasteiger partial charge in [-0.1, -0.05) is 46.6 Å². The Labute approximate surface area is 285 Å². The van der Waals surface area contributed by atoms with Gasteiger partial charge >= 0.3 is 36.4 Å².